The highest BCUT2D eigenvalue weighted by Gasteiger charge is 2.20. The van der Waals surface area contributed by atoms with Crippen LogP contribution in [0.15, 0.2) is 42.5 Å². The molecule has 2 aromatic rings. The fourth-order valence-electron chi connectivity index (χ4n) is 3.14. The molecule has 7 heteroatoms. The first-order chi connectivity index (χ1) is 13.0. The van der Waals surface area contributed by atoms with Crippen molar-refractivity contribution in [1.29, 1.82) is 0 Å². The Labute approximate surface area is 163 Å². The lowest BCUT2D eigenvalue weighted by Crippen LogP contribution is -2.48. The molecule has 5 nitrogen and oxygen atoms in total. The molecule has 3 rings (SSSR count). The van der Waals surface area contributed by atoms with Gasteiger partial charge in [-0.15, -0.1) is 0 Å². The molecule has 0 saturated carbocycles. The van der Waals surface area contributed by atoms with Gasteiger partial charge in [-0.3, -0.25) is 14.6 Å². The van der Waals surface area contributed by atoms with Gasteiger partial charge in [-0.05, 0) is 29.8 Å². The van der Waals surface area contributed by atoms with Crippen LogP contribution in [0, 0.1) is 5.82 Å². The van der Waals surface area contributed by atoms with E-state index in [1.54, 1.807) is 13.2 Å². The average molecular weight is 392 g/mol. The van der Waals surface area contributed by atoms with Crippen LogP contribution in [0.3, 0.4) is 0 Å². The number of ether oxygens (including phenoxy) is 1. The number of carbonyl (C=O) groups excluding carboxylic acids is 1. The number of para-hydroxylation sites is 2. The van der Waals surface area contributed by atoms with Crippen LogP contribution in [0.2, 0.25) is 5.02 Å². The van der Waals surface area contributed by atoms with Gasteiger partial charge >= 0.3 is 0 Å². The van der Waals surface area contributed by atoms with E-state index in [9.17, 15) is 9.18 Å². The minimum atomic E-state index is -0.324. The fraction of sp³-hybridized carbons (Fsp3) is 0.350. The van der Waals surface area contributed by atoms with Crippen LogP contribution in [0.5, 0.6) is 5.75 Å². The van der Waals surface area contributed by atoms with Gasteiger partial charge in [-0.25, -0.2) is 4.39 Å². The molecule has 1 aliphatic rings. The standard InChI is InChI=1S/C20H23ClFN3O2/c1-27-19-5-3-2-4-18(19)23-20(26)14-25-10-8-24(9-11-25)13-15-6-7-16(22)12-17(15)21/h2-7,12H,8-11,13-14H2,1H3,(H,23,26). The molecule has 1 saturated heterocycles. The Bertz CT molecular complexity index is 795. The Morgan fingerprint density at radius 1 is 1.15 bits per heavy atom. The summed E-state index contributed by atoms with van der Waals surface area (Å²) >= 11 is 6.11. The third kappa shape index (κ3) is 5.42. The van der Waals surface area contributed by atoms with Gasteiger partial charge in [-0.1, -0.05) is 29.8 Å². The highest BCUT2D eigenvalue weighted by atomic mass is 35.5. The molecule has 0 bridgehead atoms. The Morgan fingerprint density at radius 3 is 2.56 bits per heavy atom. The lowest BCUT2D eigenvalue weighted by molar-refractivity contribution is -0.117. The zero-order chi connectivity index (χ0) is 19.2. The highest BCUT2D eigenvalue weighted by Crippen LogP contribution is 2.23. The Balaban J connectivity index is 1.47. The maximum absolute atomic E-state index is 13.2. The summed E-state index contributed by atoms with van der Waals surface area (Å²) in [6.45, 7) is 4.26. The van der Waals surface area contributed by atoms with Crippen molar-refractivity contribution in [3.63, 3.8) is 0 Å². The van der Waals surface area contributed by atoms with Crippen molar-refractivity contribution < 1.29 is 13.9 Å². The molecular formula is C20H23ClFN3O2. The van der Waals surface area contributed by atoms with E-state index in [-0.39, 0.29) is 11.7 Å². The fourth-order valence-corrected chi connectivity index (χ4v) is 3.36. The van der Waals surface area contributed by atoms with E-state index in [0.29, 0.717) is 29.5 Å². The topological polar surface area (TPSA) is 44.8 Å². The molecule has 1 fully saturated rings. The minimum absolute atomic E-state index is 0.0606. The van der Waals surface area contributed by atoms with Crippen molar-refractivity contribution in [2.75, 3.05) is 45.2 Å². The number of anilines is 1. The van der Waals surface area contributed by atoms with E-state index in [2.05, 4.69) is 15.1 Å². The third-order valence-electron chi connectivity index (χ3n) is 4.62. The van der Waals surface area contributed by atoms with Gasteiger partial charge in [0.05, 0.1) is 19.3 Å². The maximum atomic E-state index is 13.2. The van der Waals surface area contributed by atoms with E-state index in [0.717, 1.165) is 31.7 Å². The Hall–Kier alpha value is -2.15. The lowest BCUT2D eigenvalue weighted by atomic mass is 10.2. The van der Waals surface area contributed by atoms with E-state index < -0.39 is 0 Å². The van der Waals surface area contributed by atoms with E-state index in [1.807, 2.05) is 24.3 Å². The van der Waals surface area contributed by atoms with E-state index >= 15 is 0 Å². The second kappa shape index (κ2) is 9.17. The summed E-state index contributed by atoms with van der Waals surface area (Å²) in [5.41, 5.74) is 1.59. The molecule has 1 amide bonds. The number of amides is 1. The van der Waals surface area contributed by atoms with Crippen molar-refractivity contribution >= 4 is 23.2 Å². The van der Waals surface area contributed by atoms with Crippen molar-refractivity contribution in [3.05, 3.63) is 58.9 Å². The smallest absolute Gasteiger partial charge is 0.238 e. The summed E-state index contributed by atoms with van der Waals surface area (Å²) in [5.74, 6) is 0.260. The minimum Gasteiger partial charge on any atom is -0.495 e. The third-order valence-corrected chi connectivity index (χ3v) is 4.97. The molecule has 1 aliphatic heterocycles. The first-order valence-corrected chi connectivity index (χ1v) is 9.24. The van der Waals surface area contributed by atoms with Gasteiger partial charge in [0.2, 0.25) is 5.91 Å². The normalized spacial score (nSPS) is 15.5. The molecule has 144 valence electrons. The zero-order valence-electron chi connectivity index (χ0n) is 15.3. The van der Waals surface area contributed by atoms with Gasteiger partial charge < -0.3 is 10.1 Å². The van der Waals surface area contributed by atoms with Crippen LogP contribution in [0.1, 0.15) is 5.56 Å². The number of methoxy groups -OCH3 is 1. The van der Waals surface area contributed by atoms with Crippen molar-refractivity contribution in [2.24, 2.45) is 0 Å². The number of rotatable bonds is 6. The number of nitrogens with zero attached hydrogens (tertiary/aromatic N) is 2. The molecule has 27 heavy (non-hydrogen) atoms. The highest BCUT2D eigenvalue weighted by molar-refractivity contribution is 6.31. The largest absolute Gasteiger partial charge is 0.495 e. The monoisotopic (exact) mass is 391 g/mol. The predicted octanol–water partition coefficient (Wildman–Crippen LogP) is 3.24. The van der Waals surface area contributed by atoms with Gasteiger partial charge in [0, 0.05) is 37.7 Å². The molecule has 0 radical (unpaired) electrons. The number of carbonyl (C=O) groups is 1. The molecule has 0 aromatic heterocycles. The van der Waals surface area contributed by atoms with Crippen LogP contribution >= 0.6 is 11.6 Å². The molecular weight excluding hydrogens is 369 g/mol. The second-order valence-corrected chi connectivity index (χ2v) is 6.94. The summed E-state index contributed by atoms with van der Waals surface area (Å²) in [6, 6.07) is 11.9. The number of nitrogens with one attached hydrogen (secondary N) is 1. The molecule has 0 spiro atoms. The average Bonchev–Trinajstić information content (AvgIpc) is 2.66. The quantitative estimate of drug-likeness (QED) is 0.821. The lowest BCUT2D eigenvalue weighted by Gasteiger charge is -2.34. The van der Waals surface area contributed by atoms with Crippen molar-refractivity contribution in [2.45, 2.75) is 6.54 Å². The van der Waals surface area contributed by atoms with Crippen molar-refractivity contribution in [3.8, 4) is 5.75 Å². The Kier molecular flexibility index (Phi) is 6.66. The number of hydrogen-bond acceptors (Lipinski definition) is 4. The zero-order valence-corrected chi connectivity index (χ0v) is 16.0. The number of benzene rings is 2. The molecule has 0 aliphatic carbocycles. The summed E-state index contributed by atoms with van der Waals surface area (Å²) in [7, 11) is 1.58. The maximum Gasteiger partial charge on any atom is 0.238 e. The van der Waals surface area contributed by atoms with Gasteiger partial charge in [0.25, 0.3) is 0 Å². The number of halogens is 2. The first kappa shape index (κ1) is 19.6. The van der Waals surface area contributed by atoms with Gasteiger partial charge in [-0.2, -0.15) is 0 Å². The van der Waals surface area contributed by atoms with Crippen LogP contribution < -0.4 is 10.1 Å². The van der Waals surface area contributed by atoms with Crippen LogP contribution in [0.25, 0.3) is 0 Å². The summed E-state index contributed by atoms with van der Waals surface area (Å²) < 4.78 is 18.4. The summed E-state index contributed by atoms with van der Waals surface area (Å²) in [4.78, 5) is 16.7. The molecule has 2 aromatic carbocycles. The van der Waals surface area contributed by atoms with E-state index in [4.69, 9.17) is 16.3 Å². The Morgan fingerprint density at radius 2 is 1.85 bits per heavy atom. The number of piperazine rings is 1. The van der Waals surface area contributed by atoms with Gasteiger partial charge in [0.15, 0.2) is 0 Å². The predicted molar refractivity (Wildman–Crippen MR) is 105 cm³/mol. The molecule has 0 atom stereocenters. The van der Waals surface area contributed by atoms with Gasteiger partial charge in [0.1, 0.15) is 11.6 Å². The molecule has 0 unspecified atom stereocenters. The molecule has 1 N–H and O–H groups in total. The van der Waals surface area contributed by atoms with Crippen LogP contribution in [0.4, 0.5) is 10.1 Å². The number of hydrogen-bond donors (Lipinski definition) is 1. The van der Waals surface area contributed by atoms with Crippen LogP contribution in [-0.2, 0) is 11.3 Å². The van der Waals surface area contributed by atoms with Crippen molar-refractivity contribution in [1.82, 2.24) is 9.80 Å². The second-order valence-electron chi connectivity index (χ2n) is 6.54. The van der Waals surface area contributed by atoms with Crippen LogP contribution in [-0.4, -0.2) is 55.5 Å². The first-order valence-electron chi connectivity index (χ1n) is 8.86. The SMILES string of the molecule is COc1ccccc1NC(=O)CN1CCN(Cc2ccc(F)cc2Cl)CC1. The van der Waals surface area contributed by atoms with E-state index in [1.165, 1.54) is 12.1 Å². The molecule has 1 heterocycles. The summed E-state index contributed by atoms with van der Waals surface area (Å²) in [5, 5.41) is 3.35. The summed E-state index contributed by atoms with van der Waals surface area (Å²) in [6.07, 6.45) is 0.